The largest absolute Gasteiger partial charge is 0.322 e. The molecule has 0 fully saturated rings. The van der Waals surface area contributed by atoms with Crippen molar-refractivity contribution < 1.29 is 21.6 Å². The summed E-state index contributed by atoms with van der Waals surface area (Å²) in [5.41, 5.74) is 7.70. The van der Waals surface area contributed by atoms with E-state index in [1.807, 2.05) is 36.4 Å². The molecule has 0 radical (unpaired) electrons. The zero-order chi connectivity index (χ0) is 22.2. The zero-order valence-corrected chi connectivity index (χ0v) is 18.5. The van der Waals surface area contributed by atoms with Gasteiger partial charge in [-0.1, -0.05) is 60.7 Å². The molecule has 3 aromatic rings. The van der Waals surface area contributed by atoms with Crippen LogP contribution in [0.15, 0.2) is 88.7 Å². The van der Waals surface area contributed by atoms with Crippen molar-refractivity contribution in [3.8, 4) is 0 Å². The van der Waals surface area contributed by atoms with E-state index in [4.69, 9.17) is 5.73 Å². The standard InChI is InChI=1S/C21H18N2O5S3/c22-19(14-7-3-1-4-8-14)20(15-9-5-2-6-10-15)23-30(25,26)16-11-12-18-17(13-16)21(24)29-31(18,27)28/h1-13,19-20,23H,22H2/t19-,20-/m1/s1. The number of nitrogens with two attached hydrogens (primary N) is 1. The molecule has 31 heavy (non-hydrogen) atoms. The third-order valence-corrected chi connectivity index (χ3v) is 9.50. The van der Waals surface area contributed by atoms with Crippen LogP contribution in [0.3, 0.4) is 0 Å². The molecular formula is C21H18N2O5S3. The van der Waals surface area contributed by atoms with Crippen LogP contribution in [0.1, 0.15) is 33.6 Å². The van der Waals surface area contributed by atoms with Gasteiger partial charge in [0.15, 0.2) is 0 Å². The summed E-state index contributed by atoms with van der Waals surface area (Å²) in [6.07, 6.45) is 0. The van der Waals surface area contributed by atoms with Crippen LogP contribution >= 0.6 is 10.8 Å². The average molecular weight is 475 g/mol. The Balaban J connectivity index is 1.73. The van der Waals surface area contributed by atoms with Crippen molar-refractivity contribution in [2.24, 2.45) is 5.73 Å². The van der Waals surface area contributed by atoms with E-state index in [-0.39, 0.29) is 26.1 Å². The molecule has 4 rings (SSSR count). The van der Waals surface area contributed by atoms with Gasteiger partial charge in [-0.25, -0.2) is 21.6 Å². The van der Waals surface area contributed by atoms with Gasteiger partial charge in [0.05, 0.1) is 38.2 Å². The van der Waals surface area contributed by atoms with Gasteiger partial charge in [-0.3, -0.25) is 4.79 Å². The maximum Gasteiger partial charge on any atom is 0.241 e. The quantitative estimate of drug-likeness (QED) is 0.526. The van der Waals surface area contributed by atoms with E-state index >= 15 is 0 Å². The summed E-state index contributed by atoms with van der Waals surface area (Å²) in [5, 5.41) is -0.701. The van der Waals surface area contributed by atoms with Gasteiger partial charge in [0, 0.05) is 0 Å². The lowest BCUT2D eigenvalue weighted by atomic mass is 9.95. The Kier molecular flexibility index (Phi) is 5.75. The van der Waals surface area contributed by atoms with Crippen LogP contribution in [0.25, 0.3) is 0 Å². The number of carbonyl (C=O) groups is 1. The number of nitrogens with one attached hydrogen (secondary N) is 1. The first-order chi connectivity index (χ1) is 14.7. The molecule has 0 unspecified atom stereocenters. The number of benzene rings is 3. The van der Waals surface area contributed by atoms with E-state index in [9.17, 15) is 21.6 Å². The highest BCUT2D eigenvalue weighted by molar-refractivity contribution is 8.78. The molecule has 160 valence electrons. The molecule has 0 amide bonds. The van der Waals surface area contributed by atoms with Crippen molar-refractivity contribution in [1.82, 2.24) is 4.72 Å². The van der Waals surface area contributed by atoms with Crippen molar-refractivity contribution in [2.75, 3.05) is 0 Å². The fourth-order valence-corrected chi connectivity index (χ4v) is 7.47. The number of rotatable bonds is 6. The molecule has 10 heteroatoms. The van der Waals surface area contributed by atoms with Gasteiger partial charge < -0.3 is 5.73 Å². The van der Waals surface area contributed by atoms with Crippen molar-refractivity contribution >= 4 is 34.8 Å². The summed E-state index contributed by atoms with van der Waals surface area (Å²) < 4.78 is 53.0. The minimum Gasteiger partial charge on any atom is -0.322 e. The molecule has 0 saturated carbocycles. The predicted molar refractivity (Wildman–Crippen MR) is 118 cm³/mol. The normalized spacial score (nSPS) is 17.1. The highest BCUT2D eigenvalue weighted by Crippen LogP contribution is 2.39. The number of fused-ring (bicyclic) bond motifs is 1. The summed E-state index contributed by atoms with van der Waals surface area (Å²) in [7, 11) is -7.75. The molecular weight excluding hydrogens is 456 g/mol. The molecule has 0 spiro atoms. The molecule has 0 saturated heterocycles. The number of hydrogen-bond acceptors (Lipinski definition) is 7. The van der Waals surface area contributed by atoms with Crippen LogP contribution < -0.4 is 10.5 Å². The minimum absolute atomic E-state index is 0.142. The fraction of sp³-hybridized carbons (Fsp3) is 0.0952. The molecule has 0 aromatic heterocycles. The average Bonchev–Trinajstić information content (AvgIpc) is 3.00. The Hall–Kier alpha value is -2.50. The van der Waals surface area contributed by atoms with Crippen LogP contribution in [-0.2, 0) is 18.9 Å². The molecule has 1 aliphatic heterocycles. The molecule has 2 atom stereocenters. The zero-order valence-electron chi connectivity index (χ0n) is 16.0. The first kappa shape index (κ1) is 21.7. The summed E-state index contributed by atoms with van der Waals surface area (Å²) in [4.78, 5) is 11.7. The second-order valence-electron chi connectivity index (χ2n) is 6.93. The second kappa shape index (κ2) is 8.21. The number of hydrogen-bond donors (Lipinski definition) is 2. The van der Waals surface area contributed by atoms with Gasteiger partial charge >= 0.3 is 0 Å². The van der Waals surface area contributed by atoms with E-state index in [0.29, 0.717) is 5.56 Å². The van der Waals surface area contributed by atoms with Crippen LogP contribution in [0.4, 0.5) is 0 Å². The van der Waals surface area contributed by atoms with Gasteiger partial charge in [0.1, 0.15) is 0 Å². The summed E-state index contributed by atoms with van der Waals surface area (Å²) >= 11 is 0. The summed E-state index contributed by atoms with van der Waals surface area (Å²) in [5.74, 6) is 0. The van der Waals surface area contributed by atoms with E-state index in [2.05, 4.69) is 4.72 Å². The smallest absolute Gasteiger partial charge is 0.241 e. The van der Waals surface area contributed by atoms with Crippen molar-refractivity contribution in [3.05, 3.63) is 95.6 Å². The Morgan fingerprint density at radius 3 is 2.06 bits per heavy atom. The van der Waals surface area contributed by atoms with Crippen LogP contribution in [-0.4, -0.2) is 22.0 Å². The highest BCUT2D eigenvalue weighted by Gasteiger charge is 2.36. The van der Waals surface area contributed by atoms with Crippen LogP contribution in [0.2, 0.25) is 0 Å². The lowest BCUT2D eigenvalue weighted by molar-refractivity contribution is 0.108. The third-order valence-electron chi connectivity index (χ3n) is 4.92. The molecule has 1 heterocycles. The van der Waals surface area contributed by atoms with Gasteiger partial charge in [-0.15, -0.1) is 0 Å². The molecule has 3 aromatic carbocycles. The Morgan fingerprint density at radius 2 is 1.45 bits per heavy atom. The molecule has 0 aliphatic carbocycles. The number of carbonyl (C=O) groups excluding carboxylic acids is 1. The monoisotopic (exact) mass is 474 g/mol. The Bertz CT molecular complexity index is 1340. The molecule has 7 nitrogen and oxygen atoms in total. The minimum atomic E-state index is -4.13. The first-order valence-electron chi connectivity index (χ1n) is 9.20. The fourth-order valence-electron chi connectivity index (χ4n) is 3.36. The first-order valence-corrected chi connectivity index (χ1v) is 13.5. The third kappa shape index (κ3) is 4.30. The molecule has 3 N–H and O–H groups in total. The van der Waals surface area contributed by atoms with Gasteiger partial charge in [0.2, 0.25) is 24.0 Å². The van der Waals surface area contributed by atoms with Gasteiger partial charge in [0.25, 0.3) is 0 Å². The van der Waals surface area contributed by atoms with Gasteiger partial charge in [-0.05, 0) is 29.3 Å². The topological polar surface area (TPSA) is 123 Å². The molecule has 0 bridgehead atoms. The van der Waals surface area contributed by atoms with Crippen LogP contribution in [0.5, 0.6) is 0 Å². The highest BCUT2D eigenvalue weighted by atomic mass is 33.1. The Labute approximate surface area is 184 Å². The lowest BCUT2D eigenvalue weighted by Gasteiger charge is -2.26. The Morgan fingerprint density at radius 1 is 0.871 bits per heavy atom. The van der Waals surface area contributed by atoms with E-state index in [1.165, 1.54) is 6.07 Å². The maximum absolute atomic E-state index is 13.2. The lowest BCUT2D eigenvalue weighted by Crippen LogP contribution is -2.36. The van der Waals surface area contributed by atoms with E-state index in [1.54, 1.807) is 24.3 Å². The van der Waals surface area contributed by atoms with Gasteiger partial charge in [-0.2, -0.15) is 0 Å². The maximum atomic E-state index is 13.2. The van der Waals surface area contributed by atoms with E-state index in [0.717, 1.165) is 17.7 Å². The van der Waals surface area contributed by atoms with Crippen LogP contribution in [0, 0.1) is 0 Å². The van der Waals surface area contributed by atoms with Crippen molar-refractivity contribution in [1.29, 1.82) is 0 Å². The predicted octanol–water partition coefficient (Wildman–Crippen LogP) is 2.98. The summed E-state index contributed by atoms with van der Waals surface area (Å²) in [6.45, 7) is 0. The SMILES string of the molecule is N[C@H](c1ccccc1)[C@H](NS(=O)(=O)c1ccc2c(c1)C(=O)SS2(=O)=O)c1ccccc1. The summed E-state index contributed by atoms with van der Waals surface area (Å²) in [6, 6.07) is 19.9. The van der Waals surface area contributed by atoms with Crippen molar-refractivity contribution in [3.63, 3.8) is 0 Å². The number of sulfonamides is 1. The molecule has 1 aliphatic rings. The second-order valence-corrected chi connectivity index (χ2v) is 12.3. The van der Waals surface area contributed by atoms with Crippen molar-refractivity contribution in [2.45, 2.75) is 21.9 Å². The van der Waals surface area contributed by atoms with E-state index < -0.39 is 36.1 Å².